The molecule has 240 valence electrons. The SMILES string of the molecule is CCOCC(CC(C)C)NC(=O)[C@@H]1CNC[C@H](C(=O)N(c2ccc3c(c2)N(CCCOC)C(=O)C(C)(C)O3)C2CC2)[C@@H]1O. The number of piperidine rings is 1. The molecule has 3 aliphatic rings. The highest BCUT2D eigenvalue weighted by Gasteiger charge is 2.46. The first-order valence-corrected chi connectivity index (χ1v) is 15.7. The molecule has 2 heterocycles. The summed E-state index contributed by atoms with van der Waals surface area (Å²) < 4.78 is 16.9. The van der Waals surface area contributed by atoms with Crippen LogP contribution in [-0.2, 0) is 23.9 Å². The standard InChI is InChI=1S/C32H50N4O7/c1-7-42-19-21(15-20(2)3)34-29(38)24-17-33-18-25(28(24)37)30(39)36(22-9-10-22)23-11-12-27-26(16-23)35(13-8-14-41-6)31(40)32(4,5)43-27/h11-12,16,20-22,24-25,28,33,37H,7-10,13-15,17-19H2,1-6H3,(H,34,38)/t21?,24-,25+,28-/m1/s1. The molecule has 1 unspecified atom stereocenters. The minimum Gasteiger partial charge on any atom is -0.476 e. The van der Waals surface area contributed by atoms with Crippen LogP contribution in [-0.4, -0.2) is 93.2 Å². The predicted octanol–water partition coefficient (Wildman–Crippen LogP) is 2.49. The van der Waals surface area contributed by atoms with Gasteiger partial charge in [-0.2, -0.15) is 0 Å². The number of nitrogens with one attached hydrogen (secondary N) is 2. The summed E-state index contributed by atoms with van der Waals surface area (Å²) in [6, 6.07) is 5.31. The van der Waals surface area contributed by atoms with Gasteiger partial charge in [0.1, 0.15) is 5.75 Å². The summed E-state index contributed by atoms with van der Waals surface area (Å²) >= 11 is 0. The molecule has 2 fully saturated rings. The van der Waals surface area contributed by atoms with Gasteiger partial charge < -0.3 is 39.8 Å². The lowest BCUT2D eigenvalue weighted by Crippen LogP contribution is -2.58. The minimum absolute atomic E-state index is 0.00726. The second-order valence-electron chi connectivity index (χ2n) is 12.9. The van der Waals surface area contributed by atoms with Crippen molar-refractivity contribution in [2.45, 2.75) is 84.1 Å². The number of methoxy groups -OCH3 is 1. The monoisotopic (exact) mass is 602 g/mol. The van der Waals surface area contributed by atoms with Gasteiger partial charge in [0.2, 0.25) is 11.8 Å². The van der Waals surface area contributed by atoms with E-state index in [1.54, 1.807) is 30.8 Å². The van der Waals surface area contributed by atoms with Gasteiger partial charge in [0.15, 0.2) is 5.60 Å². The van der Waals surface area contributed by atoms with E-state index in [2.05, 4.69) is 24.5 Å². The molecule has 0 spiro atoms. The molecule has 3 amide bonds. The van der Waals surface area contributed by atoms with Crippen LogP contribution in [0.4, 0.5) is 11.4 Å². The molecular formula is C32H50N4O7. The first-order valence-electron chi connectivity index (χ1n) is 15.7. The molecule has 1 saturated carbocycles. The summed E-state index contributed by atoms with van der Waals surface area (Å²) in [4.78, 5) is 44.3. The number of anilines is 2. The summed E-state index contributed by atoms with van der Waals surface area (Å²) in [6.45, 7) is 12.1. The molecular weight excluding hydrogens is 552 g/mol. The number of rotatable bonds is 14. The average Bonchev–Trinajstić information content (AvgIpc) is 3.79. The summed E-state index contributed by atoms with van der Waals surface area (Å²) in [5, 5.41) is 17.7. The third-order valence-corrected chi connectivity index (χ3v) is 8.35. The molecule has 11 heteroatoms. The lowest BCUT2D eigenvalue weighted by Gasteiger charge is -2.40. The Bertz CT molecular complexity index is 1140. The van der Waals surface area contributed by atoms with Crippen LogP contribution >= 0.6 is 0 Å². The highest BCUT2D eigenvalue weighted by Crippen LogP contribution is 2.43. The molecule has 0 bridgehead atoms. The van der Waals surface area contributed by atoms with Gasteiger partial charge in [-0.15, -0.1) is 0 Å². The number of amides is 3. The van der Waals surface area contributed by atoms with Crippen LogP contribution in [0.2, 0.25) is 0 Å². The second kappa shape index (κ2) is 14.4. The summed E-state index contributed by atoms with van der Waals surface area (Å²) in [6.07, 6.45) is 1.95. The third kappa shape index (κ3) is 7.87. The second-order valence-corrected chi connectivity index (χ2v) is 12.9. The van der Waals surface area contributed by atoms with Crippen molar-refractivity contribution in [3.63, 3.8) is 0 Å². The zero-order valence-corrected chi connectivity index (χ0v) is 26.6. The fourth-order valence-corrected chi connectivity index (χ4v) is 6.03. The predicted molar refractivity (Wildman–Crippen MR) is 164 cm³/mol. The molecule has 0 aromatic heterocycles. The van der Waals surface area contributed by atoms with Crippen LogP contribution in [0, 0.1) is 17.8 Å². The van der Waals surface area contributed by atoms with E-state index in [0.717, 1.165) is 19.3 Å². The maximum atomic E-state index is 14.1. The van der Waals surface area contributed by atoms with Crippen molar-refractivity contribution in [2.75, 3.05) is 56.4 Å². The van der Waals surface area contributed by atoms with Crippen LogP contribution in [0.15, 0.2) is 18.2 Å². The highest BCUT2D eigenvalue weighted by molar-refractivity contribution is 6.04. The smallest absolute Gasteiger partial charge is 0.270 e. The van der Waals surface area contributed by atoms with Gasteiger partial charge in [0.25, 0.3) is 5.91 Å². The molecule has 0 radical (unpaired) electrons. The molecule has 1 aliphatic carbocycles. The number of hydrogen-bond donors (Lipinski definition) is 3. The molecule has 1 saturated heterocycles. The van der Waals surface area contributed by atoms with Crippen molar-refractivity contribution in [1.82, 2.24) is 10.6 Å². The zero-order valence-electron chi connectivity index (χ0n) is 26.6. The topological polar surface area (TPSA) is 130 Å². The molecule has 4 atom stereocenters. The lowest BCUT2D eigenvalue weighted by atomic mass is 9.85. The van der Waals surface area contributed by atoms with E-state index in [9.17, 15) is 19.5 Å². The van der Waals surface area contributed by atoms with E-state index in [1.165, 1.54) is 0 Å². The Morgan fingerprint density at radius 1 is 1.23 bits per heavy atom. The Hall–Kier alpha value is -2.73. The highest BCUT2D eigenvalue weighted by atomic mass is 16.5. The van der Waals surface area contributed by atoms with Crippen LogP contribution < -0.4 is 25.2 Å². The number of carbonyl (C=O) groups excluding carboxylic acids is 3. The van der Waals surface area contributed by atoms with Crippen LogP contribution in [0.3, 0.4) is 0 Å². The van der Waals surface area contributed by atoms with Gasteiger partial charge >= 0.3 is 0 Å². The molecule has 4 rings (SSSR count). The normalized spacial score (nSPS) is 23.9. The van der Waals surface area contributed by atoms with Gasteiger partial charge in [0.05, 0.1) is 36.3 Å². The largest absolute Gasteiger partial charge is 0.476 e. The van der Waals surface area contributed by atoms with Gasteiger partial charge in [-0.1, -0.05) is 13.8 Å². The fourth-order valence-electron chi connectivity index (χ4n) is 6.03. The number of aliphatic hydroxyl groups excluding tert-OH is 1. The number of fused-ring (bicyclic) bond motifs is 1. The molecule has 2 aliphatic heterocycles. The van der Waals surface area contributed by atoms with Crippen molar-refractivity contribution >= 4 is 29.1 Å². The van der Waals surface area contributed by atoms with E-state index in [4.69, 9.17) is 14.2 Å². The third-order valence-electron chi connectivity index (χ3n) is 8.35. The quantitative estimate of drug-likeness (QED) is 0.277. The van der Waals surface area contributed by atoms with Gasteiger partial charge in [-0.05, 0) is 70.6 Å². The van der Waals surface area contributed by atoms with Gasteiger partial charge in [-0.25, -0.2) is 0 Å². The summed E-state index contributed by atoms with van der Waals surface area (Å²) in [7, 11) is 1.63. The number of aliphatic hydroxyl groups is 1. The summed E-state index contributed by atoms with van der Waals surface area (Å²) in [5.41, 5.74) is 0.241. The number of carbonyl (C=O) groups is 3. The van der Waals surface area contributed by atoms with Gasteiger partial charge in [-0.3, -0.25) is 14.4 Å². The zero-order chi connectivity index (χ0) is 31.3. The lowest BCUT2D eigenvalue weighted by molar-refractivity contribution is -0.137. The molecule has 1 aromatic carbocycles. The number of nitrogens with zero attached hydrogens (tertiary/aromatic N) is 2. The maximum absolute atomic E-state index is 14.1. The molecule has 11 nitrogen and oxygen atoms in total. The Labute approximate surface area is 255 Å². The van der Waals surface area contributed by atoms with E-state index in [0.29, 0.717) is 55.8 Å². The van der Waals surface area contributed by atoms with Crippen molar-refractivity contribution in [3.05, 3.63) is 18.2 Å². The van der Waals surface area contributed by atoms with Crippen LogP contribution in [0.25, 0.3) is 0 Å². The Kier molecular flexibility index (Phi) is 11.1. The van der Waals surface area contributed by atoms with Crippen molar-refractivity contribution in [3.8, 4) is 5.75 Å². The number of ether oxygens (including phenoxy) is 3. The maximum Gasteiger partial charge on any atom is 0.270 e. The van der Waals surface area contributed by atoms with Gasteiger partial charge in [0, 0.05) is 51.7 Å². The number of benzene rings is 1. The molecule has 1 aromatic rings. The van der Waals surface area contributed by atoms with Crippen molar-refractivity contribution in [2.24, 2.45) is 17.8 Å². The molecule has 3 N–H and O–H groups in total. The Morgan fingerprint density at radius 3 is 2.60 bits per heavy atom. The Balaban J connectivity index is 1.55. The van der Waals surface area contributed by atoms with Crippen LogP contribution in [0.1, 0.15) is 60.3 Å². The molecule has 43 heavy (non-hydrogen) atoms. The first kappa shape index (κ1) is 33.2. The van der Waals surface area contributed by atoms with Crippen molar-refractivity contribution in [1.29, 1.82) is 0 Å². The van der Waals surface area contributed by atoms with E-state index < -0.39 is 23.5 Å². The Morgan fingerprint density at radius 2 is 1.95 bits per heavy atom. The van der Waals surface area contributed by atoms with E-state index in [1.807, 2.05) is 25.1 Å². The number of hydrogen-bond acceptors (Lipinski definition) is 8. The summed E-state index contributed by atoms with van der Waals surface area (Å²) in [5.74, 6) is -1.30. The minimum atomic E-state index is -1.14. The van der Waals surface area contributed by atoms with Crippen molar-refractivity contribution < 1.29 is 33.7 Å². The van der Waals surface area contributed by atoms with E-state index >= 15 is 0 Å². The average molecular weight is 603 g/mol. The van der Waals surface area contributed by atoms with Crippen LogP contribution in [0.5, 0.6) is 5.75 Å². The fraction of sp³-hybridized carbons (Fsp3) is 0.719. The van der Waals surface area contributed by atoms with E-state index in [-0.39, 0.29) is 42.9 Å². The first-order chi connectivity index (χ1) is 20.5.